The van der Waals surface area contributed by atoms with Gasteiger partial charge in [-0.1, -0.05) is 12.1 Å². The third-order valence-electron chi connectivity index (χ3n) is 3.10. The molecule has 6 nitrogen and oxygen atoms in total. The Morgan fingerprint density at radius 3 is 2.79 bits per heavy atom. The highest BCUT2D eigenvalue weighted by Crippen LogP contribution is 2.20. The second kappa shape index (κ2) is 8.44. The zero-order chi connectivity index (χ0) is 17.5. The third kappa shape index (κ3) is 5.66. The lowest BCUT2D eigenvalue weighted by Crippen LogP contribution is -2.31. The molecule has 1 amide bonds. The molecule has 24 heavy (non-hydrogen) atoms. The monoisotopic (exact) mass is 348 g/mol. The van der Waals surface area contributed by atoms with Gasteiger partial charge in [0.2, 0.25) is 5.91 Å². The molecular formula is C17H20N2O4S. The summed E-state index contributed by atoms with van der Waals surface area (Å²) in [6.45, 7) is 3.87. The Kier molecular flexibility index (Phi) is 6.31. The van der Waals surface area contributed by atoms with Crippen molar-refractivity contribution in [1.82, 2.24) is 10.3 Å². The summed E-state index contributed by atoms with van der Waals surface area (Å²) in [5.74, 6) is -0.529. The topological polar surface area (TPSA) is 88.5 Å². The van der Waals surface area contributed by atoms with E-state index in [-0.39, 0.29) is 24.9 Å². The smallest absolute Gasteiger partial charge is 0.305 e. The van der Waals surface area contributed by atoms with E-state index < -0.39 is 12.0 Å². The lowest BCUT2D eigenvalue weighted by Gasteiger charge is -2.15. The first kappa shape index (κ1) is 17.9. The summed E-state index contributed by atoms with van der Waals surface area (Å²) in [6, 6.07) is 6.70. The number of carboxylic acids is 1. The van der Waals surface area contributed by atoms with Crippen molar-refractivity contribution >= 4 is 23.2 Å². The number of carboxylic acid groups (broad SMARTS) is 1. The van der Waals surface area contributed by atoms with Crippen molar-refractivity contribution in [2.45, 2.75) is 38.8 Å². The number of aliphatic carboxylic acids is 1. The van der Waals surface area contributed by atoms with E-state index in [0.717, 1.165) is 5.56 Å². The largest absolute Gasteiger partial charge is 0.491 e. The van der Waals surface area contributed by atoms with Gasteiger partial charge in [-0.2, -0.15) is 0 Å². The average molecular weight is 348 g/mol. The predicted octanol–water partition coefficient (Wildman–Crippen LogP) is 2.81. The number of carbonyl (C=O) groups is 2. The Hall–Kier alpha value is -2.41. The van der Waals surface area contributed by atoms with Gasteiger partial charge in [-0.3, -0.25) is 9.59 Å². The van der Waals surface area contributed by atoms with Crippen LogP contribution in [0.3, 0.4) is 0 Å². The molecule has 1 aromatic heterocycles. The maximum absolute atomic E-state index is 12.3. The summed E-state index contributed by atoms with van der Waals surface area (Å²) in [5, 5.41) is 14.1. The van der Waals surface area contributed by atoms with Crippen LogP contribution in [0.15, 0.2) is 35.8 Å². The van der Waals surface area contributed by atoms with Gasteiger partial charge in [0.15, 0.2) is 0 Å². The first-order valence-corrected chi connectivity index (χ1v) is 8.48. The summed E-state index contributed by atoms with van der Waals surface area (Å²) in [6.07, 6.45) is 1.60. The first-order chi connectivity index (χ1) is 11.4. The maximum atomic E-state index is 12.3. The van der Waals surface area contributed by atoms with E-state index in [1.165, 1.54) is 11.3 Å². The van der Waals surface area contributed by atoms with Crippen molar-refractivity contribution < 1.29 is 19.4 Å². The minimum atomic E-state index is -0.983. The van der Waals surface area contributed by atoms with Crippen molar-refractivity contribution in [1.29, 1.82) is 0 Å². The number of rotatable bonds is 8. The van der Waals surface area contributed by atoms with Crippen LogP contribution in [0.4, 0.5) is 0 Å². The number of nitrogens with one attached hydrogen (secondary N) is 1. The molecule has 1 heterocycles. The number of amides is 1. The van der Waals surface area contributed by atoms with Gasteiger partial charge in [-0.05, 0) is 31.5 Å². The van der Waals surface area contributed by atoms with Crippen molar-refractivity contribution in [3.63, 3.8) is 0 Å². The van der Waals surface area contributed by atoms with Crippen LogP contribution in [0.1, 0.15) is 36.9 Å². The molecule has 0 aliphatic rings. The number of nitrogens with zero attached hydrogens (tertiary/aromatic N) is 1. The fraction of sp³-hybridized carbons (Fsp3) is 0.353. The van der Waals surface area contributed by atoms with E-state index in [0.29, 0.717) is 10.8 Å². The number of ether oxygens (including phenoxy) is 1. The van der Waals surface area contributed by atoms with Gasteiger partial charge in [0.1, 0.15) is 10.8 Å². The highest BCUT2D eigenvalue weighted by atomic mass is 32.1. The maximum Gasteiger partial charge on any atom is 0.305 e. The van der Waals surface area contributed by atoms with E-state index in [4.69, 9.17) is 9.84 Å². The summed E-state index contributed by atoms with van der Waals surface area (Å²) in [5.41, 5.74) is 0.805. The van der Waals surface area contributed by atoms with Crippen molar-refractivity contribution in [2.75, 3.05) is 0 Å². The Balaban J connectivity index is 2.01. The lowest BCUT2D eigenvalue weighted by atomic mass is 10.1. The van der Waals surface area contributed by atoms with Crippen molar-refractivity contribution in [3.05, 3.63) is 46.4 Å². The Morgan fingerprint density at radius 2 is 2.17 bits per heavy atom. The molecule has 0 bridgehead atoms. The zero-order valence-electron chi connectivity index (χ0n) is 13.6. The van der Waals surface area contributed by atoms with Gasteiger partial charge in [-0.25, -0.2) is 4.98 Å². The van der Waals surface area contributed by atoms with E-state index in [2.05, 4.69) is 10.3 Å². The molecular weight excluding hydrogens is 328 g/mol. The van der Waals surface area contributed by atoms with Crippen LogP contribution in [0.2, 0.25) is 0 Å². The second-order valence-electron chi connectivity index (χ2n) is 5.58. The van der Waals surface area contributed by atoms with Crippen LogP contribution in [0, 0.1) is 0 Å². The van der Waals surface area contributed by atoms with Gasteiger partial charge in [-0.15, -0.1) is 11.3 Å². The Labute approximate surface area is 144 Å². The van der Waals surface area contributed by atoms with Gasteiger partial charge >= 0.3 is 5.97 Å². The molecule has 0 aliphatic heterocycles. The molecule has 0 spiro atoms. The van der Waals surface area contributed by atoms with Crippen LogP contribution >= 0.6 is 11.3 Å². The standard InChI is InChI=1S/C17H20N2O4S/c1-11(2)23-13-5-3-4-12(8-13)9-15(20)19-14(10-16(21)22)17-18-6-7-24-17/h3-8,11,14H,9-10H2,1-2H3,(H,19,20)(H,21,22). The van der Waals surface area contributed by atoms with Crippen LogP contribution in [-0.2, 0) is 16.0 Å². The van der Waals surface area contributed by atoms with Gasteiger partial charge in [0.25, 0.3) is 0 Å². The number of carbonyl (C=O) groups excluding carboxylic acids is 1. The molecule has 1 unspecified atom stereocenters. The van der Waals surface area contributed by atoms with Crippen LogP contribution in [-0.4, -0.2) is 28.1 Å². The predicted molar refractivity (Wildman–Crippen MR) is 91.2 cm³/mol. The average Bonchev–Trinajstić information content (AvgIpc) is 2.99. The van der Waals surface area contributed by atoms with Crippen molar-refractivity contribution in [2.24, 2.45) is 0 Å². The summed E-state index contributed by atoms with van der Waals surface area (Å²) < 4.78 is 5.61. The fourth-order valence-electron chi connectivity index (χ4n) is 2.21. The van der Waals surface area contributed by atoms with E-state index >= 15 is 0 Å². The molecule has 0 aliphatic carbocycles. The molecule has 128 valence electrons. The van der Waals surface area contributed by atoms with Crippen LogP contribution in [0.25, 0.3) is 0 Å². The number of thiazole rings is 1. The molecule has 0 radical (unpaired) electrons. The van der Waals surface area contributed by atoms with Crippen LogP contribution in [0.5, 0.6) is 5.75 Å². The first-order valence-electron chi connectivity index (χ1n) is 7.60. The van der Waals surface area contributed by atoms with E-state index in [1.54, 1.807) is 11.6 Å². The van der Waals surface area contributed by atoms with Crippen molar-refractivity contribution in [3.8, 4) is 5.75 Å². The molecule has 1 aromatic carbocycles. The number of benzene rings is 1. The molecule has 7 heteroatoms. The van der Waals surface area contributed by atoms with Crippen LogP contribution < -0.4 is 10.1 Å². The molecule has 2 aromatic rings. The van der Waals surface area contributed by atoms with E-state index in [1.807, 2.05) is 38.1 Å². The second-order valence-corrected chi connectivity index (χ2v) is 6.51. The third-order valence-corrected chi connectivity index (χ3v) is 3.99. The summed E-state index contributed by atoms with van der Waals surface area (Å²) in [4.78, 5) is 27.4. The lowest BCUT2D eigenvalue weighted by molar-refractivity contribution is -0.137. The highest BCUT2D eigenvalue weighted by Gasteiger charge is 2.20. The quantitative estimate of drug-likeness (QED) is 0.766. The minimum Gasteiger partial charge on any atom is -0.491 e. The SMILES string of the molecule is CC(C)Oc1cccc(CC(=O)NC(CC(=O)O)c2nccs2)c1. The Morgan fingerprint density at radius 1 is 1.38 bits per heavy atom. The minimum absolute atomic E-state index is 0.0546. The Bertz CT molecular complexity index is 686. The number of hydrogen-bond donors (Lipinski definition) is 2. The summed E-state index contributed by atoms with van der Waals surface area (Å²) >= 11 is 1.32. The normalized spacial score (nSPS) is 12.0. The van der Waals surface area contributed by atoms with Gasteiger partial charge in [0, 0.05) is 11.6 Å². The molecule has 2 rings (SSSR count). The van der Waals surface area contributed by atoms with E-state index in [9.17, 15) is 9.59 Å². The van der Waals surface area contributed by atoms with Gasteiger partial charge in [0.05, 0.1) is 25.0 Å². The van der Waals surface area contributed by atoms with Gasteiger partial charge < -0.3 is 15.2 Å². The molecule has 0 saturated carbocycles. The molecule has 0 fully saturated rings. The molecule has 0 saturated heterocycles. The molecule has 1 atom stereocenters. The highest BCUT2D eigenvalue weighted by molar-refractivity contribution is 7.09. The fourth-order valence-corrected chi connectivity index (χ4v) is 2.90. The number of aromatic nitrogens is 1. The molecule has 2 N–H and O–H groups in total. The summed E-state index contributed by atoms with van der Waals surface area (Å²) in [7, 11) is 0. The zero-order valence-corrected chi connectivity index (χ0v) is 14.4. The number of hydrogen-bond acceptors (Lipinski definition) is 5.